The van der Waals surface area contributed by atoms with Crippen molar-refractivity contribution < 1.29 is 14.3 Å². The molecule has 114 valence electrons. The molecule has 0 aromatic carbocycles. The van der Waals surface area contributed by atoms with Gasteiger partial charge in [-0.15, -0.1) is 23.1 Å². The first-order valence-electron chi connectivity index (χ1n) is 7.05. The Balaban J connectivity index is 1.88. The van der Waals surface area contributed by atoms with Gasteiger partial charge in [-0.1, -0.05) is 0 Å². The number of amides is 1. The van der Waals surface area contributed by atoms with Crippen molar-refractivity contribution >= 4 is 40.0 Å². The van der Waals surface area contributed by atoms with Crippen molar-refractivity contribution in [3.8, 4) is 0 Å². The Morgan fingerprint density at radius 1 is 1.33 bits per heavy atom. The number of carbonyl (C=O) groups is 2. The van der Waals surface area contributed by atoms with Crippen LogP contribution in [-0.4, -0.2) is 36.7 Å². The maximum atomic E-state index is 12.3. The molecule has 2 heterocycles. The minimum atomic E-state index is -0.349. The van der Waals surface area contributed by atoms with E-state index in [2.05, 4.69) is 10.6 Å². The first-order chi connectivity index (χ1) is 10.2. The number of rotatable bonds is 3. The van der Waals surface area contributed by atoms with Gasteiger partial charge in [-0.2, -0.15) is 0 Å². The number of thiophene rings is 1. The van der Waals surface area contributed by atoms with Crippen LogP contribution < -0.4 is 10.6 Å². The van der Waals surface area contributed by atoms with Crippen LogP contribution in [0.1, 0.15) is 33.6 Å². The maximum absolute atomic E-state index is 12.3. The lowest BCUT2D eigenvalue weighted by atomic mass is 9.95. The Hall–Kier alpha value is -1.05. The van der Waals surface area contributed by atoms with E-state index in [9.17, 15) is 9.59 Å². The molecule has 1 aromatic rings. The third kappa shape index (κ3) is 2.95. The van der Waals surface area contributed by atoms with Crippen LogP contribution in [0.25, 0.3) is 0 Å². The zero-order valence-electron chi connectivity index (χ0n) is 11.9. The average molecular weight is 326 g/mol. The fraction of sp³-hybridized carbons (Fsp3) is 0.571. The topological polar surface area (TPSA) is 67.4 Å². The van der Waals surface area contributed by atoms with Crippen LogP contribution in [-0.2, 0) is 22.4 Å². The van der Waals surface area contributed by atoms with Crippen LogP contribution >= 0.6 is 23.1 Å². The predicted molar refractivity (Wildman–Crippen MR) is 85.2 cm³/mol. The molecule has 3 rings (SSSR count). The van der Waals surface area contributed by atoms with Crippen LogP contribution in [0, 0.1) is 0 Å². The molecule has 1 aromatic heterocycles. The number of fused-ring (bicyclic) bond motifs is 1. The van der Waals surface area contributed by atoms with Gasteiger partial charge < -0.3 is 10.1 Å². The third-order valence-corrected chi connectivity index (χ3v) is 5.98. The number of nitrogens with one attached hydrogen (secondary N) is 2. The standard InChI is InChI=1S/C14H18N2O3S2/c1-19-14(18)11-8-4-2-3-5-10(8)21-13(11)16-12(17)9-6-20-7-15-9/h9,15H,2-7H2,1H3,(H,16,17). The van der Waals surface area contributed by atoms with Crippen LogP contribution in [0.15, 0.2) is 0 Å². The van der Waals surface area contributed by atoms with Gasteiger partial charge in [-0.3, -0.25) is 10.1 Å². The number of ether oxygens (including phenoxy) is 1. The molecule has 21 heavy (non-hydrogen) atoms. The fourth-order valence-corrected chi connectivity index (χ4v) is 4.96. The van der Waals surface area contributed by atoms with Gasteiger partial charge in [0.15, 0.2) is 0 Å². The second-order valence-electron chi connectivity index (χ2n) is 5.17. The number of esters is 1. The molecule has 1 amide bonds. The molecule has 0 bridgehead atoms. The molecule has 1 atom stereocenters. The van der Waals surface area contributed by atoms with Gasteiger partial charge in [0, 0.05) is 16.5 Å². The summed E-state index contributed by atoms with van der Waals surface area (Å²) < 4.78 is 4.91. The van der Waals surface area contributed by atoms with Crippen molar-refractivity contribution in [2.24, 2.45) is 0 Å². The van der Waals surface area contributed by atoms with Gasteiger partial charge in [-0.25, -0.2) is 4.79 Å². The zero-order chi connectivity index (χ0) is 14.8. The lowest BCUT2D eigenvalue weighted by Gasteiger charge is -2.12. The first-order valence-corrected chi connectivity index (χ1v) is 9.02. The Morgan fingerprint density at radius 2 is 2.14 bits per heavy atom. The van der Waals surface area contributed by atoms with Gasteiger partial charge in [0.05, 0.1) is 18.7 Å². The second-order valence-corrected chi connectivity index (χ2v) is 7.30. The van der Waals surface area contributed by atoms with Gasteiger partial charge in [0.25, 0.3) is 0 Å². The average Bonchev–Trinajstić information content (AvgIpc) is 3.13. The number of carbonyl (C=O) groups excluding carboxylic acids is 2. The van der Waals surface area contributed by atoms with Crippen LogP contribution in [0.2, 0.25) is 0 Å². The van der Waals surface area contributed by atoms with Gasteiger partial charge in [0.1, 0.15) is 5.00 Å². The molecule has 0 radical (unpaired) electrons. The lowest BCUT2D eigenvalue weighted by molar-refractivity contribution is -0.117. The number of thioether (sulfide) groups is 1. The minimum absolute atomic E-state index is 0.0660. The molecule has 7 heteroatoms. The van der Waals surface area contributed by atoms with Crippen LogP contribution in [0.4, 0.5) is 5.00 Å². The Morgan fingerprint density at radius 3 is 2.86 bits per heavy atom. The quantitative estimate of drug-likeness (QED) is 0.832. The summed E-state index contributed by atoms with van der Waals surface area (Å²) in [6.07, 6.45) is 4.10. The van der Waals surface area contributed by atoms with Gasteiger partial charge in [-0.05, 0) is 31.2 Å². The van der Waals surface area contributed by atoms with E-state index in [0.29, 0.717) is 10.6 Å². The summed E-state index contributed by atoms with van der Waals surface area (Å²) in [5.74, 6) is 1.15. The summed E-state index contributed by atoms with van der Waals surface area (Å²) in [7, 11) is 1.38. The van der Waals surface area contributed by atoms with E-state index in [4.69, 9.17) is 4.74 Å². The van der Waals surface area contributed by atoms with Crippen molar-refractivity contribution in [2.75, 3.05) is 24.1 Å². The van der Waals surface area contributed by atoms with Crippen molar-refractivity contribution in [2.45, 2.75) is 31.7 Å². The number of hydrogen-bond acceptors (Lipinski definition) is 6. The first kappa shape index (κ1) is 14.9. The predicted octanol–water partition coefficient (Wildman–Crippen LogP) is 2.01. The van der Waals surface area contributed by atoms with Crippen LogP contribution in [0.3, 0.4) is 0 Å². The zero-order valence-corrected chi connectivity index (χ0v) is 13.5. The van der Waals surface area contributed by atoms with Crippen molar-refractivity contribution in [1.82, 2.24) is 5.32 Å². The summed E-state index contributed by atoms with van der Waals surface area (Å²) in [6.45, 7) is 0. The normalized spacial score (nSPS) is 20.9. The van der Waals surface area contributed by atoms with Crippen molar-refractivity contribution in [3.63, 3.8) is 0 Å². The maximum Gasteiger partial charge on any atom is 0.341 e. The van der Waals surface area contributed by atoms with E-state index in [1.807, 2.05) is 0 Å². The summed E-state index contributed by atoms with van der Waals surface area (Å²) in [5, 5.41) is 6.72. The number of anilines is 1. The fourth-order valence-electron chi connectivity index (χ4n) is 2.73. The lowest BCUT2D eigenvalue weighted by Crippen LogP contribution is -2.37. The van der Waals surface area contributed by atoms with E-state index in [0.717, 1.165) is 42.9 Å². The molecule has 5 nitrogen and oxygen atoms in total. The van der Waals surface area contributed by atoms with Crippen molar-refractivity contribution in [3.05, 3.63) is 16.0 Å². The minimum Gasteiger partial charge on any atom is -0.465 e. The smallest absolute Gasteiger partial charge is 0.341 e. The van der Waals surface area contributed by atoms with Crippen molar-refractivity contribution in [1.29, 1.82) is 0 Å². The molecular weight excluding hydrogens is 308 g/mol. The van der Waals surface area contributed by atoms with E-state index >= 15 is 0 Å². The molecule has 1 saturated heterocycles. The SMILES string of the molecule is COC(=O)c1c(NC(=O)C2CSCN2)sc2c1CCCC2. The van der Waals surface area contributed by atoms with Crippen LogP contribution in [0.5, 0.6) is 0 Å². The molecule has 0 saturated carbocycles. The summed E-state index contributed by atoms with van der Waals surface area (Å²) in [6, 6.07) is -0.181. The van der Waals surface area contributed by atoms with E-state index in [-0.39, 0.29) is 17.9 Å². The molecular formula is C14H18N2O3S2. The number of hydrogen-bond donors (Lipinski definition) is 2. The molecule has 1 aliphatic carbocycles. The highest BCUT2D eigenvalue weighted by Crippen LogP contribution is 2.38. The summed E-state index contributed by atoms with van der Waals surface area (Å²) in [5.41, 5.74) is 1.64. The Kier molecular flexibility index (Phi) is 4.51. The molecule has 1 aliphatic heterocycles. The van der Waals surface area contributed by atoms with Gasteiger partial charge >= 0.3 is 5.97 Å². The molecule has 1 unspecified atom stereocenters. The Labute approximate surface area is 131 Å². The molecule has 1 fully saturated rings. The summed E-state index contributed by atoms with van der Waals surface area (Å²) >= 11 is 3.23. The highest BCUT2D eigenvalue weighted by molar-refractivity contribution is 7.99. The number of methoxy groups -OCH3 is 1. The molecule has 2 aliphatic rings. The van der Waals surface area contributed by atoms with E-state index in [1.165, 1.54) is 23.3 Å². The van der Waals surface area contributed by atoms with E-state index < -0.39 is 0 Å². The second kappa shape index (κ2) is 6.37. The van der Waals surface area contributed by atoms with E-state index in [1.54, 1.807) is 11.8 Å². The van der Waals surface area contributed by atoms with Gasteiger partial charge in [0.2, 0.25) is 5.91 Å². The highest BCUT2D eigenvalue weighted by atomic mass is 32.2. The largest absolute Gasteiger partial charge is 0.465 e. The summed E-state index contributed by atoms with van der Waals surface area (Å²) in [4.78, 5) is 25.6. The molecule has 2 N–H and O–H groups in total. The Bertz CT molecular complexity index is 565. The highest BCUT2D eigenvalue weighted by Gasteiger charge is 2.29. The molecule has 0 spiro atoms. The number of aryl methyl sites for hydroxylation is 1. The third-order valence-electron chi connectivity index (χ3n) is 3.83. The monoisotopic (exact) mass is 326 g/mol.